The molecule has 0 saturated heterocycles. The number of esters is 1. The summed E-state index contributed by atoms with van der Waals surface area (Å²) in [4.78, 5) is 11.2. The van der Waals surface area contributed by atoms with E-state index >= 15 is 0 Å². The fourth-order valence-electron chi connectivity index (χ4n) is 3.41. The van der Waals surface area contributed by atoms with Crippen molar-refractivity contribution in [1.29, 1.82) is 0 Å². The summed E-state index contributed by atoms with van der Waals surface area (Å²) in [7, 11) is 0. The van der Waals surface area contributed by atoms with Crippen LogP contribution < -0.4 is 0 Å². The minimum atomic E-state index is -0.256. The Bertz CT molecular complexity index is 302. The molecule has 0 heterocycles. The van der Waals surface area contributed by atoms with Gasteiger partial charge in [-0.2, -0.15) is 0 Å². The number of ether oxygens (including phenoxy) is 1. The summed E-state index contributed by atoms with van der Waals surface area (Å²) in [6, 6.07) is 0. The van der Waals surface area contributed by atoms with E-state index in [0.717, 1.165) is 12.3 Å². The molecule has 2 aliphatic carbocycles. The molecule has 3 unspecified atom stereocenters. The fourth-order valence-corrected chi connectivity index (χ4v) is 3.41. The van der Waals surface area contributed by atoms with Crippen LogP contribution in [0, 0.1) is 11.8 Å². The molecule has 0 aromatic carbocycles. The van der Waals surface area contributed by atoms with Crippen LogP contribution in [0.2, 0.25) is 0 Å². The SMILES string of the molecule is CC(=O)OC1(C=C(C)C)CC2CCC1C2. The fraction of sp³-hybridized carbons (Fsp3) is 0.769. The lowest BCUT2D eigenvalue weighted by atomic mass is 9.82. The topological polar surface area (TPSA) is 26.3 Å². The summed E-state index contributed by atoms with van der Waals surface area (Å²) >= 11 is 0. The lowest BCUT2D eigenvalue weighted by Crippen LogP contribution is -2.38. The van der Waals surface area contributed by atoms with Crippen LogP contribution in [-0.2, 0) is 9.53 Å². The van der Waals surface area contributed by atoms with E-state index in [1.165, 1.54) is 31.8 Å². The molecule has 2 saturated carbocycles. The summed E-state index contributed by atoms with van der Waals surface area (Å²) < 4.78 is 5.63. The van der Waals surface area contributed by atoms with Gasteiger partial charge in [0.1, 0.15) is 5.60 Å². The van der Waals surface area contributed by atoms with Gasteiger partial charge in [-0.15, -0.1) is 0 Å². The van der Waals surface area contributed by atoms with Crippen LogP contribution in [0.1, 0.15) is 46.5 Å². The van der Waals surface area contributed by atoms with Crippen LogP contribution in [-0.4, -0.2) is 11.6 Å². The smallest absolute Gasteiger partial charge is 0.303 e. The molecule has 3 atom stereocenters. The second kappa shape index (κ2) is 3.66. The van der Waals surface area contributed by atoms with E-state index < -0.39 is 0 Å². The molecular formula is C13H20O2. The molecule has 0 aromatic rings. The van der Waals surface area contributed by atoms with Crippen molar-refractivity contribution < 1.29 is 9.53 Å². The Morgan fingerprint density at radius 3 is 2.47 bits per heavy atom. The zero-order valence-corrected chi connectivity index (χ0v) is 9.88. The highest BCUT2D eigenvalue weighted by molar-refractivity contribution is 5.67. The standard InChI is InChI=1S/C13H20O2/c1-9(2)7-13(15-10(3)14)8-11-4-5-12(13)6-11/h7,11-12H,4-6,8H2,1-3H3. The molecule has 0 N–H and O–H groups in total. The second-order valence-electron chi connectivity index (χ2n) is 5.35. The maximum atomic E-state index is 11.2. The zero-order valence-electron chi connectivity index (χ0n) is 9.88. The molecule has 2 fully saturated rings. The molecule has 2 bridgehead atoms. The number of rotatable bonds is 2. The third-order valence-corrected chi connectivity index (χ3v) is 3.71. The van der Waals surface area contributed by atoms with Crippen LogP contribution in [0.4, 0.5) is 0 Å². The van der Waals surface area contributed by atoms with Crippen molar-refractivity contribution >= 4 is 5.97 Å². The highest BCUT2D eigenvalue weighted by Crippen LogP contribution is 2.53. The Balaban J connectivity index is 2.24. The van der Waals surface area contributed by atoms with Crippen LogP contribution in [0.15, 0.2) is 11.6 Å². The minimum Gasteiger partial charge on any atom is -0.455 e. The van der Waals surface area contributed by atoms with E-state index in [4.69, 9.17) is 4.74 Å². The molecule has 0 radical (unpaired) electrons. The molecule has 0 spiro atoms. The quantitative estimate of drug-likeness (QED) is 0.515. The zero-order chi connectivity index (χ0) is 11.1. The first-order valence-corrected chi connectivity index (χ1v) is 5.87. The maximum absolute atomic E-state index is 11.2. The molecule has 2 aliphatic rings. The number of fused-ring (bicyclic) bond motifs is 2. The van der Waals surface area contributed by atoms with Gasteiger partial charge in [-0.1, -0.05) is 5.57 Å². The van der Waals surface area contributed by atoms with Crippen LogP contribution in [0.3, 0.4) is 0 Å². The summed E-state index contributed by atoms with van der Waals surface area (Å²) in [5.41, 5.74) is 0.997. The van der Waals surface area contributed by atoms with Gasteiger partial charge in [0.2, 0.25) is 0 Å². The number of allylic oxidation sites excluding steroid dienone is 1. The monoisotopic (exact) mass is 208 g/mol. The van der Waals surface area contributed by atoms with Gasteiger partial charge in [-0.05, 0) is 51.5 Å². The number of hydrogen-bond acceptors (Lipinski definition) is 2. The Labute approximate surface area is 91.7 Å². The Morgan fingerprint density at radius 1 is 1.33 bits per heavy atom. The van der Waals surface area contributed by atoms with Crippen LogP contribution >= 0.6 is 0 Å². The summed E-state index contributed by atoms with van der Waals surface area (Å²) in [5, 5.41) is 0. The van der Waals surface area contributed by atoms with Crippen molar-refractivity contribution in [2.24, 2.45) is 11.8 Å². The number of carbonyl (C=O) groups is 1. The molecule has 2 rings (SSSR count). The van der Waals surface area contributed by atoms with Crippen molar-refractivity contribution in [3.8, 4) is 0 Å². The van der Waals surface area contributed by atoms with Gasteiger partial charge in [0, 0.05) is 12.8 Å². The maximum Gasteiger partial charge on any atom is 0.303 e. The molecule has 2 heteroatoms. The van der Waals surface area contributed by atoms with E-state index in [1.54, 1.807) is 0 Å². The van der Waals surface area contributed by atoms with Crippen molar-refractivity contribution in [2.75, 3.05) is 0 Å². The average Bonchev–Trinajstić information content (AvgIpc) is 2.59. The Kier molecular flexibility index (Phi) is 2.61. The predicted molar refractivity (Wildman–Crippen MR) is 59.4 cm³/mol. The first-order chi connectivity index (χ1) is 7.02. The second-order valence-corrected chi connectivity index (χ2v) is 5.35. The summed E-state index contributed by atoms with van der Waals surface area (Å²) in [6.07, 6.45) is 7.02. The largest absolute Gasteiger partial charge is 0.455 e. The third-order valence-electron chi connectivity index (χ3n) is 3.71. The van der Waals surface area contributed by atoms with Gasteiger partial charge < -0.3 is 4.74 Å². The van der Waals surface area contributed by atoms with E-state index in [0.29, 0.717) is 5.92 Å². The molecule has 2 nitrogen and oxygen atoms in total. The highest BCUT2D eigenvalue weighted by Gasteiger charge is 2.52. The summed E-state index contributed by atoms with van der Waals surface area (Å²) in [5.74, 6) is 1.21. The van der Waals surface area contributed by atoms with Gasteiger partial charge >= 0.3 is 5.97 Å². The first kappa shape index (κ1) is 10.7. The molecular weight excluding hydrogens is 188 g/mol. The van der Waals surface area contributed by atoms with Crippen LogP contribution in [0.25, 0.3) is 0 Å². The number of carbonyl (C=O) groups excluding carboxylic acids is 1. The minimum absolute atomic E-state index is 0.139. The van der Waals surface area contributed by atoms with Crippen LogP contribution in [0.5, 0.6) is 0 Å². The van der Waals surface area contributed by atoms with Gasteiger partial charge in [0.25, 0.3) is 0 Å². The molecule has 15 heavy (non-hydrogen) atoms. The highest BCUT2D eigenvalue weighted by atomic mass is 16.6. The van der Waals surface area contributed by atoms with Crippen molar-refractivity contribution in [3.63, 3.8) is 0 Å². The Hall–Kier alpha value is -0.790. The van der Waals surface area contributed by atoms with Crippen molar-refractivity contribution in [1.82, 2.24) is 0 Å². The molecule has 0 aromatic heterocycles. The third kappa shape index (κ3) is 1.95. The van der Waals surface area contributed by atoms with Gasteiger partial charge in [-0.3, -0.25) is 4.79 Å². The Morgan fingerprint density at radius 2 is 2.07 bits per heavy atom. The first-order valence-electron chi connectivity index (χ1n) is 5.87. The van der Waals surface area contributed by atoms with E-state index in [2.05, 4.69) is 19.9 Å². The normalized spacial score (nSPS) is 37.8. The van der Waals surface area contributed by atoms with E-state index in [9.17, 15) is 4.79 Å². The molecule has 0 amide bonds. The van der Waals surface area contributed by atoms with Crippen molar-refractivity contribution in [3.05, 3.63) is 11.6 Å². The van der Waals surface area contributed by atoms with Crippen molar-refractivity contribution in [2.45, 2.75) is 52.1 Å². The summed E-state index contributed by atoms with van der Waals surface area (Å²) in [6.45, 7) is 5.68. The van der Waals surface area contributed by atoms with Gasteiger partial charge in [0.15, 0.2) is 0 Å². The predicted octanol–water partition coefficient (Wildman–Crippen LogP) is 3.07. The van der Waals surface area contributed by atoms with E-state index in [-0.39, 0.29) is 11.6 Å². The lowest BCUT2D eigenvalue weighted by Gasteiger charge is -2.34. The average molecular weight is 208 g/mol. The van der Waals surface area contributed by atoms with Gasteiger partial charge in [0.05, 0.1) is 0 Å². The van der Waals surface area contributed by atoms with Gasteiger partial charge in [-0.25, -0.2) is 0 Å². The number of hydrogen-bond donors (Lipinski definition) is 0. The van der Waals surface area contributed by atoms with E-state index in [1.807, 2.05) is 0 Å². The molecule has 84 valence electrons. The lowest BCUT2D eigenvalue weighted by molar-refractivity contribution is -0.156. The molecule has 0 aliphatic heterocycles.